The molecule has 3 nitrogen and oxygen atoms in total. The van der Waals surface area contributed by atoms with Crippen LogP contribution in [0, 0.1) is 5.92 Å². The van der Waals surface area contributed by atoms with Crippen molar-refractivity contribution in [2.75, 3.05) is 6.54 Å². The summed E-state index contributed by atoms with van der Waals surface area (Å²) in [6, 6.07) is 2.19. The van der Waals surface area contributed by atoms with Gasteiger partial charge in [-0.1, -0.05) is 19.8 Å². The molecule has 1 fully saturated rings. The molecule has 0 aliphatic heterocycles. The third-order valence-electron chi connectivity index (χ3n) is 3.78. The zero-order valence-electron chi connectivity index (χ0n) is 10.2. The highest BCUT2D eigenvalue weighted by molar-refractivity contribution is 5.11. The number of aryl methyl sites for hydroxylation is 1. The fraction of sp³-hybridized carbons (Fsp3) is 0.769. The van der Waals surface area contributed by atoms with E-state index in [0.717, 1.165) is 19.5 Å². The second-order valence-electron chi connectivity index (χ2n) is 4.87. The van der Waals surface area contributed by atoms with Crippen LogP contribution in [0.2, 0.25) is 0 Å². The predicted molar refractivity (Wildman–Crippen MR) is 66.3 cm³/mol. The molecule has 2 unspecified atom stereocenters. The summed E-state index contributed by atoms with van der Waals surface area (Å²) in [5.74, 6) is 1.31. The van der Waals surface area contributed by atoms with Crippen molar-refractivity contribution < 1.29 is 0 Å². The fourth-order valence-electron chi connectivity index (χ4n) is 2.94. The van der Waals surface area contributed by atoms with Gasteiger partial charge in [0.2, 0.25) is 0 Å². The summed E-state index contributed by atoms with van der Waals surface area (Å²) in [5.41, 5.74) is 7.31. The van der Waals surface area contributed by atoms with Gasteiger partial charge in [0.1, 0.15) is 0 Å². The van der Waals surface area contributed by atoms with Gasteiger partial charge in [0.15, 0.2) is 0 Å². The van der Waals surface area contributed by atoms with E-state index in [9.17, 15) is 0 Å². The van der Waals surface area contributed by atoms with Gasteiger partial charge >= 0.3 is 0 Å². The standard InChI is InChI=1S/C13H23N3/c1-2-9-16-13(7-8-15-16)12-6-4-3-5-11(12)10-14/h7-8,11-12H,2-6,9-10,14H2,1H3. The van der Waals surface area contributed by atoms with Crippen LogP contribution in [0.1, 0.15) is 50.6 Å². The van der Waals surface area contributed by atoms with E-state index in [1.54, 1.807) is 0 Å². The van der Waals surface area contributed by atoms with Gasteiger partial charge in [-0.2, -0.15) is 5.10 Å². The van der Waals surface area contributed by atoms with Gasteiger partial charge in [-0.05, 0) is 37.8 Å². The van der Waals surface area contributed by atoms with E-state index in [1.807, 2.05) is 6.20 Å². The lowest BCUT2D eigenvalue weighted by Crippen LogP contribution is -2.27. The first-order valence-corrected chi connectivity index (χ1v) is 6.58. The van der Waals surface area contributed by atoms with Crippen molar-refractivity contribution in [1.82, 2.24) is 9.78 Å². The third kappa shape index (κ3) is 2.29. The molecule has 2 rings (SSSR count). The summed E-state index contributed by atoms with van der Waals surface area (Å²) in [4.78, 5) is 0. The Bertz CT molecular complexity index is 319. The second kappa shape index (κ2) is 5.48. The normalized spacial score (nSPS) is 25.9. The fourth-order valence-corrected chi connectivity index (χ4v) is 2.94. The molecule has 90 valence electrons. The van der Waals surface area contributed by atoms with Gasteiger partial charge in [0.05, 0.1) is 0 Å². The Labute approximate surface area is 98.0 Å². The van der Waals surface area contributed by atoms with Crippen molar-refractivity contribution in [3.05, 3.63) is 18.0 Å². The Kier molecular flexibility index (Phi) is 3.99. The van der Waals surface area contributed by atoms with Crippen LogP contribution in [0.4, 0.5) is 0 Å². The SMILES string of the molecule is CCCn1nccc1C1CCCCC1CN. The zero-order valence-corrected chi connectivity index (χ0v) is 10.2. The molecular weight excluding hydrogens is 198 g/mol. The quantitative estimate of drug-likeness (QED) is 0.849. The molecule has 1 aliphatic rings. The minimum atomic E-state index is 0.646. The summed E-state index contributed by atoms with van der Waals surface area (Å²) in [6.45, 7) is 4.06. The highest BCUT2D eigenvalue weighted by atomic mass is 15.3. The third-order valence-corrected chi connectivity index (χ3v) is 3.78. The van der Waals surface area contributed by atoms with Gasteiger partial charge in [-0.25, -0.2) is 0 Å². The van der Waals surface area contributed by atoms with Gasteiger partial charge in [0.25, 0.3) is 0 Å². The summed E-state index contributed by atoms with van der Waals surface area (Å²) in [6.07, 6.45) is 8.36. The van der Waals surface area contributed by atoms with E-state index in [1.165, 1.54) is 31.4 Å². The molecule has 2 N–H and O–H groups in total. The molecule has 1 heterocycles. The van der Waals surface area contributed by atoms with E-state index in [2.05, 4.69) is 22.8 Å². The van der Waals surface area contributed by atoms with Crippen LogP contribution in [-0.4, -0.2) is 16.3 Å². The topological polar surface area (TPSA) is 43.8 Å². The Hall–Kier alpha value is -0.830. The van der Waals surface area contributed by atoms with Crippen LogP contribution < -0.4 is 5.73 Å². The average Bonchev–Trinajstić information content (AvgIpc) is 2.77. The number of rotatable bonds is 4. The second-order valence-corrected chi connectivity index (χ2v) is 4.87. The van der Waals surface area contributed by atoms with Crippen LogP contribution in [0.15, 0.2) is 12.3 Å². The Morgan fingerprint density at radius 1 is 1.44 bits per heavy atom. The summed E-state index contributed by atoms with van der Waals surface area (Å²) in [7, 11) is 0. The number of nitrogens with two attached hydrogens (primary N) is 1. The molecule has 3 heteroatoms. The van der Waals surface area contributed by atoms with Crippen molar-refractivity contribution in [2.45, 2.75) is 51.5 Å². The molecule has 1 aromatic heterocycles. The Morgan fingerprint density at radius 2 is 2.25 bits per heavy atom. The number of hydrogen-bond acceptors (Lipinski definition) is 2. The maximum atomic E-state index is 5.89. The molecule has 1 aliphatic carbocycles. The first-order valence-electron chi connectivity index (χ1n) is 6.58. The first kappa shape index (κ1) is 11.6. The summed E-state index contributed by atoms with van der Waals surface area (Å²) in [5, 5.41) is 4.43. The smallest absolute Gasteiger partial charge is 0.0492 e. The lowest BCUT2D eigenvalue weighted by Gasteiger charge is -2.31. The van der Waals surface area contributed by atoms with Crippen molar-refractivity contribution in [3.8, 4) is 0 Å². The number of nitrogens with zero attached hydrogens (tertiary/aromatic N) is 2. The van der Waals surface area contributed by atoms with Gasteiger partial charge in [0, 0.05) is 24.4 Å². The summed E-state index contributed by atoms with van der Waals surface area (Å²) < 4.78 is 2.18. The molecule has 1 saturated carbocycles. The lowest BCUT2D eigenvalue weighted by molar-refractivity contribution is 0.299. The van der Waals surface area contributed by atoms with Crippen molar-refractivity contribution in [1.29, 1.82) is 0 Å². The Morgan fingerprint density at radius 3 is 3.00 bits per heavy atom. The average molecular weight is 221 g/mol. The van der Waals surface area contributed by atoms with Gasteiger partial charge < -0.3 is 5.73 Å². The lowest BCUT2D eigenvalue weighted by atomic mass is 9.77. The van der Waals surface area contributed by atoms with Crippen LogP contribution in [0.25, 0.3) is 0 Å². The highest BCUT2D eigenvalue weighted by Crippen LogP contribution is 2.37. The van der Waals surface area contributed by atoms with E-state index >= 15 is 0 Å². The molecular formula is C13H23N3. The largest absolute Gasteiger partial charge is 0.330 e. The maximum absolute atomic E-state index is 5.89. The van der Waals surface area contributed by atoms with E-state index in [4.69, 9.17) is 5.73 Å². The molecule has 0 amide bonds. The molecule has 0 aromatic carbocycles. The van der Waals surface area contributed by atoms with Gasteiger partial charge in [-0.3, -0.25) is 4.68 Å². The van der Waals surface area contributed by atoms with Gasteiger partial charge in [-0.15, -0.1) is 0 Å². The molecule has 0 bridgehead atoms. The van der Waals surface area contributed by atoms with Crippen LogP contribution in [0.3, 0.4) is 0 Å². The molecule has 0 spiro atoms. The summed E-state index contributed by atoms with van der Waals surface area (Å²) >= 11 is 0. The minimum Gasteiger partial charge on any atom is -0.330 e. The number of aromatic nitrogens is 2. The number of hydrogen-bond donors (Lipinski definition) is 1. The van der Waals surface area contributed by atoms with Crippen molar-refractivity contribution >= 4 is 0 Å². The molecule has 0 saturated heterocycles. The predicted octanol–water partition coefficient (Wildman–Crippen LogP) is 2.53. The maximum Gasteiger partial charge on any atom is 0.0492 e. The molecule has 16 heavy (non-hydrogen) atoms. The molecule has 0 radical (unpaired) electrons. The molecule has 1 aromatic rings. The highest BCUT2D eigenvalue weighted by Gasteiger charge is 2.27. The minimum absolute atomic E-state index is 0.646. The van der Waals surface area contributed by atoms with Crippen LogP contribution in [0.5, 0.6) is 0 Å². The van der Waals surface area contributed by atoms with E-state index in [0.29, 0.717) is 11.8 Å². The zero-order chi connectivity index (χ0) is 11.4. The monoisotopic (exact) mass is 221 g/mol. The van der Waals surface area contributed by atoms with Crippen molar-refractivity contribution in [3.63, 3.8) is 0 Å². The first-order chi connectivity index (χ1) is 7.86. The van der Waals surface area contributed by atoms with E-state index < -0.39 is 0 Å². The molecule has 2 atom stereocenters. The van der Waals surface area contributed by atoms with E-state index in [-0.39, 0.29) is 0 Å². The van der Waals surface area contributed by atoms with Crippen LogP contribution in [-0.2, 0) is 6.54 Å². The van der Waals surface area contributed by atoms with Crippen molar-refractivity contribution in [2.24, 2.45) is 11.7 Å². The Balaban J connectivity index is 2.16. The van der Waals surface area contributed by atoms with Crippen LogP contribution >= 0.6 is 0 Å².